The third-order valence-corrected chi connectivity index (χ3v) is 3.36. The molecule has 19 heavy (non-hydrogen) atoms. The molecule has 0 saturated heterocycles. The first-order chi connectivity index (χ1) is 9.01. The van der Waals surface area contributed by atoms with Gasteiger partial charge in [0.2, 0.25) is 0 Å². The first-order valence-electron chi connectivity index (χ1n) is 5.93. The molecule has 6 heteroatoms. The fraction of sp³-hybridized carbons (Fsp3) is 0.308. The molecule has 0 amide bonds. The number of nitrogens with zero attached hydrogens (tertiary/aromatic N) is 2. The molecule has 1 heterocycles. The predicted octanol–water partition coefficient (Wildman–Crippen LogP) is 3.86. The Balaban J connectivity index is 2.16. The molecule has 0 spiro atoms. The van der Waals surface area contributed by atoms with Gasteiger partial charge in [-0.1, -0.05) is 0 Å². The third-order valence-electron chi connectivity index (χ3n) is 2.75. The molecule has 0 aliphatic heterocycles. The van der Waals surface area contributed by atoms with E-state index in [0.717, 1.165) is 24.0 Å². The number of nitrogens with one attached hydrogen (secondary N) is 1. The fourth-order valence-corrected chi connectivity index (χ4v) is 2.20. The van der Waals surface area contributed by atoms with Gasteiger partial charge in [-0.3, -0.25) is 4.68 Å². The molecule has 0 unspecified atom stereocenters. The molecule has 1 N–H and O–H groups in total. The zero-order valence-corrected chi connectivity index (χ0v) is 12.3. The normalized spacial score (nSPS) is 10.8. The van der Waals surface area contributed by atoms with Crippen molar-refractivity contribution in [2.75, 3.05) is 5.32 Å². The van der Waals surface area contributed by atoms with Gasteiger partial charge in [-0.05, 0) is 41.9 Å². The smallest absolute Gasteiger partial charge is 0.149 e. The topological polar surface area (TPSA) is 29.9 Å². The molecule has 3 nitrogen and oxygen atoms in total. The van der Waals surface area contributed by atoms with E-state index in [4.69, 9.17) is 0 Å². The van der Waals surface area contributed by atoms with E-state index in [1.807, 2.05) is 24.6 Å². The number of halogens is 3. The quantitative estimate of drug-likeness (QED) is 0.863. The third kappa shape index (κ3) is 3.12. The van der Waals surface area contributed by atoms with Crippen molar-refractivity contribution in [3.8, 4) is 0 Å². The first-order valence-corrected chi connectivity index (χ1v) is 6.72. The summed E-state index contributed by atoms with van der Waals surface area (Å²) in [5.74, 6) is -1.22. The van der Waals surface area contributed by atoms with Crippen molar-refractivity contribution >= 4 is 21.6 Å². The Hall–Kier alpha value is -1.43. The molecule has 2 rings (SSSR count). The molecule has 0 radical (unpaired) electrons. The van der Waals surface area contributed by atoms with Crippen LogP contribution in [0.1, 0.15) is 18.3 Å². The Morgan fingerprint density at radius 1 is 1.26 bits per heavy atom. The summed E-state index contributed by atoms with van der Waals surface area (Å²) in [5.41, 5.74) is 2.13. The van der Waals surface area contributed by atoms with E-state index < -0.39 is 11.6 Å². The summed E-state index contributed by atoms with van der Waals surface area (Å²) >= 11 is 3.04. The molecule has 0 saturated carbocycles. The lowest BCUT2D eigenvalue weighted by Gasteiger charge is -2.09. The highest BCUT2D eigenvalue weighted by atomic mass is 79.9. The molecular formula is C13H14BrF2N3. The van der Waals surface area contributed by atoms with Crippen LogP contribution in [0.15, 0.2) is 22.7 Å². The molecule has 0 aliphatic rings. The van der Waals surface area contributed by atoms with Crippen LogP contribution in [0.25, 0.3) is 0 Å². The van der Waals surface area contributed by atoms with Crippen molar-refractivity contribution in [2.45, 2.75) is 26.9 Å². The van der Waals surface area contributed by atoms with Crippen molar-refractivity contribution in [1.82, 2.24) is 9.78 Å². The van der Waals surface area contributed by atoms with Gasteiger partial charge in [0, 0.05) is 12.6 Å². The number of rotatable bonds is 4. The minimum Gasteiger partial charge on any atom is -0.377 e. The Morgan fingerprint density at radius 2 is 2.00 bits per heavy atom. The summed E-state index contributed by atoms with van der Waals surface area (Å²) in [6.07, 6.45) is 0. The van der Waals surface area contributed by atoms with Crippen molar-refractivity contribution in [3.63, 3.8) is 0 Å². The highest BCUT2D eigenvalue weighted by Crippen LogP contribution is 2.24. The maximum absolute atomic E-state index is 13.6. The SMILES string of the molecule is CCn1nc(C)cc1CNc1cc(Br)c(F)cc1F. The van der Waals surface area contributed by atoms with Gasteiger partial charge in [-0.2, -0.15) is 5.10 Å². The Bertz CT molecular complexity index is 596. The molecule has 0 aliphatic carbocycles. The minimum atomic E-state index is -0.613. The molecule has 0 fully saturated rings. The summed E-state index contributed by atoms with van der Waals surface area (Å²) in [4.78, 5) is 0. The summed E-state index contributed by atoms with van der Waals surface area (Å²) in [6.45, 7) is 5.08. The van der Waals surface area contributed by atoms with E-state index in [1.165, 1.54) is 6.07 Å². The lowest BCUT2D eigenvalue weighted by atomic mass is 10.3. The monoisotopic (exact) mass is 329 g/mol. The van der Waals surface area contributed by atoms with Gasteiger partial charge in [0.25, 0.3) is 0 Å². The Labute approximate surface area is 118 Å². The van der Waals surface area contributed by atoms with Gasteiger partial charge in [0.1, 0.15) is 11.6 Å². The van der Waals surface area contributed by atoms with E-state index in [1.54, 1.807) is 0 Å². The van der Waals surface area contributed by atoms with E-state index >= 15 is 0 Å². The molecular weight excluding hydrogens is 316 g/mol. The van der Waals surface area contributed by atoms with Crippen molar-refractivity contribution < 1.29 is 8.78 Å². The van der Waals surface area contributed by atoms with Crippen LogP contribution in [0.5, 0.6) is 0 Å². The molecule has 1 aromatic heterocycles. The number of aryl methyl sites for hydroxylation is 2. The second-order valence-electron chi connectivity index (χ2n) is 4.19. The Kier molecular flexibility index (Phi) is 4.19. The number of aromatic nitrogens is 2. The van der Waals surface area contributed by atoms with Gasteiger partial charge in [-0.25, -0.2) is 8.78 Å². The van der Waals surface area contributed by atoms with Crippen LogP contribution in [0.3, 0.4) is 0 Å². The molecule has 2 aromatic rings. The zero-order chi connectivity index (χ0) is 14.0. The predicted molar refractivity (Wildman–Crippen MR) is 74.0 cm³/mol. The van der Waals surface area contributed by atoms with Gasteiger partial charge in [0.15, 0.2) is 0 Å². The molecule has 0 atom stereocenters. The summed E-state index contributed by atoms with van der Waals surface area (Å²) in [5, 5.41) is 7.26. The zero-order valence-electron chi connectivity index (χ0n) is 10.7. The second kappa shape index (κ2) is 5.69. The maximum Gasteiger partial charge on any atom is 0.149 e. The summed E-state index contributed by atoms with van der Waals surface area (Å²) in [7, 11) is 0. The minimum absolute atomic E-state index is 0.233. The van der Waals surface area contributed by atoms with Gasteiger partial charge in [0.05, 0.1) is 28.1 Å². The van der Waals surface area contributed by atoms with Crippen LogP contribution in [-0.4, -0.2) is 9.78 Å². The summed E-state index contributed by atoms with van der Waals surface area (Å²) < 4.78 is 28.8. The van der Waals surface area contributed by atoms with Crippen LogP contribution in [0.2, 0.25) is 0 Å². The average molecular weight is 330 g/mol. The fourth-order valence-electron chi connectivity index (χ4n) is 1.86. The van der Waals surface area contributed by atoms with Crippen LogP contribution in [0, 0.1) is 18.6 Å². The van der Waals surface area contributed by atoms with Crippen LogP contribution in [0.4, 0.5) is 14.5 Å². The van der Waals surface area contributed by atoms with Crippen LogP contribution < -0.4 is 5.32 Å². The molecule has 0 bridgehead atoms. The van der Waals surface area contributed by atoms with Gasteiger partial charge < -0.3 is 5.32 Å². The second-order valence-corrected chi connectivity index (χ2v) is 5.05. The number of anilines is 1. The average Bonchev–Trinajstić information content (AvgIpc) is 2.72. The van der Waals surface area contributed by atoms with E-state index in [0.29, 0.717) is 6.54 Å². The molecule has 1 aromatic carbocycles. The largest absolute Gasteiger partial charge is 0.377 e. The van der Waals surface area contributed by atoms with Crippen LogP contribution >= 0.6 is 15.9 Å². The standard InChI is InChI=1S/C13H14BrF2N3/c1-3-19-9(4-8(2)18-19)7-17-13-5-10(14)11(15)6-12(13)16/h4-6,17H,3,7H2,1-2H3. The number of hydrogen-bond donors (Lipinski definition) is 1. The van der Waals surface area contributed by atoms with Crippen molar-refractivity contribution in [1.29, 1.82) is 0 Å². The van der Waals surface area contributed by atoms with E-state index in [9.17, 15) is 8.78 Å². The summed E-state index contributed by atoms with van der Waals surface area (Å²) in [6, 6.07) is 4.19. The lowest BCUT2D eigenvalue weighted by molar-refractivity contribution is 0.579. The number of hydrogen-bond acceptors (Lipinski definition) is 2. The van der Waals surface area contributed by atoms with E-state index in [-0.39, 0.29) is 10.2 Å². The highest BCUT2D eigenvalue weighted by Gasteiger charge is 2.09. The van der Waals surface area contributed by atoms with Crippen molar-refractivity contribution in [2.24, 2.45) is 0 Å². The van der Waals surface area contributed by atoms with Crippen molar-refractivity contribution in [3.05, 3.63) is 45.7 Å². The first kappa shape index (κ1) is 14.0. The maximum atomic E-state index is 13.6. The van der Waals surface area contributed by atoms with Gasteiger partial charge >= 0.3 is 0 Å². The molecule has 102 valence electrons. The lowest BCUT2D eigenvalue weighted by Crippen LogP contribution is -2.08. The Morgan fingerprint density at radius 3 is 2.68 bits per heavy atom. The number of benzene rings is 1. The highest BCUT2D eigenvalue weighted by molar-refractivity contribution is 9.10. The van der Waals surface area contributed by atoms with E-state index in [2.05, 4.69) is 26.3 Å². The van der Waals surface area contributed by atoms with Crippen LogP contribution in [-0.2, 0) is 13.1 Å². The van der Waals surface area contributed by atoms with Gasteiger partial charge in [-0.15, -0.1) is 0 Å².